The topological polar surface area (TPSA) is 92.3 Å². The molecule has 0 spiro atoms. The molecule has 3 aliphatic rings. The van der Waals surface area contributed by atoms with Gasteiger partial charge in [0.05, 0.1) is 39.6 Å². The van der Waals surface area contributed by atoms with Crippen LogP contribution in [0.15, 0.2) is 182 Å². The van der Waals surface area contributed by atoms with Crippen LogP contribution in [0, 0.1) is 0 Å². The molecule has 10 nitrogen and oxygen atoms in total. The van der Waals surface area contributed by atoms with E-state index < -0.39 is 69.4 Å². The van der Waals surface area contributed by atoms with Gasteiger partial charge in [0.15, 0.2) is 18.4 Å². The van der Waals surface area contributed by atoms with Crippen molar-refractivity contribution in [2.75, 3.05) is 13.2 Å². The Kier molecular flexibility index (Phi) is 16.0. The van der Waals surface area contributed by atoms with Crippen LogP contribution in [0.5, 0.6) is 0 Å². The Balaban J connectivity index is 1.09. The maximum atomic E-state index is 7.52. The summed E-state index contributed by atoms with van der Waals surface area (Å²) in [7, 11) is -3.01. The van der Waals surface area contributed by atoms with E-state index in [1.165, 1.54) is 0 Å². The highest BCUT2D eigenvalue weighted by molar-refractivity contribution is 6.99. The summed E-state index contributed by atoms with van der Waals surface area (Å²) in [5.74, 6) is -0.928. The average molecular weight is 951 g/mol. The molecule has 0 saturated carbocycles. The van der Waals surface area contributed by atoms with Crippen molar-refractivity contribution in [3.8, 4) is 0 Å². The Morgan fingerprint density at radius 1 is 0.464 bits per heavy atom. The average Bonchev–Trinajstić information content (AvgIpc) is 3.84. The second kappa shape index (κ2) is 22.5. The number of fused-ring (bicyclic) bond motifs is 1. The van der Waals surface area contributed by atoms with E-state index in [2.05, 4.69) is 93.6 Å². The van der Waals surface area contributed by atoms with E-state index in [0.717, 1.165) is 32.6 Å². The molecule has 69 heavy (non-hydrogen) atoms. The maximum absolute atomic E-state index is 7.52. The van der Waals surface area contributed by atoms with Crippen molar-refractivity contribution in [3.63, 3.8) is 0 Å². The number of hydrogen-bond donors (Lipinski definition) is 0. The molecule has 362 valence electrons. The van der Waals surface area contributed by atoms with Crippen LogP contribution < -0.4 is 10.4 Å². The van der Waals surface area contributed by atoms with Crippen LogP contribution in [0.25, 0.3) is 0 Å². The number of rotatable bonds is 20. The molecule has 0 bridgehead atoms. The fourth-order valence-corrected chi connectivity index (χ4v) is 14.4. The first kappa shape index (κ1) is 49.1. The summed E-state index contributed by atoms with van der Waals surface area (Å²) in [6.45, 7) is 12.2. The molecule has 0 aliphatic carbocycles. The zero-order chi connectivity index (χ0) is 47.7. The van der Waals surface area contributed by atoms with E-state index in [4.69, 9.17) is 47.1 Å². The number of hydrogen-bond acceptors (Lipinski definition) is 10. The summed E-state index contributed by atoms with van der Waals surface area (Å²) < 4.78 is 69.6. The van der Waals surface area contributed by atoms with Gasteiger partial charge in [0.25, 0.3) is 8.32 Å². The van der Waals surface area contributed by atoms with Gasteiger partial charge < -0.3 is 47.1 Å². The molecule has 0 radical (unpaired) electrons. The highest BCUT2D eigenvalue weighted by Crippen LogP contribution is 2.43. The summed E-state index contributed by atoms with van der Waals surface area (Å²) in [5, 5.41) is 2.05. The third-order valence-electron chi connectivity index (χ3n) is 13.1. The van der Waals surface area contributed by atoms with Gasteiger partial charge in [-0.05, 0) is 51.5 Å². The molecular formula is C58H66O10Si. The zero-order valence-corrected chi connectivity index (χ0v) is 41.3. The molecule has 0 unspecified atom stereocenters. The molecule has 6 aromatic rings. The Morgan fingerprint density at radius 2 is 0.884 bits per heavy atom. The van der Waals surface area contributed by atoms with Crippen molar-refractivity contribution < 1.29 is 47.1 Å². The molecular weight excluding hydrogens is 885 g/mol. The summed E-state index contributed by atoms with van der Waals surface area (Å²) in [4.78, 5) is 0. The van der Waals surface area contributed by atoms with Crippen LogP contribution >= 0.6 is 0 Å². The summed E-state index contributed by atoms with van der Waals surface area (Å²) in [6.07, 6.45) is -6.47. The molecule has 6 aromatic carbocycles. The molecule has 3 fully saturated rings. The second-order valence-electron chi connectivity index (χ2n) is 19.5. The SMILES string of the molecule is CC1(C)O[C@H]2O[C@H](CO[Si](c3ccccc3)(c3ccccc3)C(C)(C)C)[C@H](O[C@H]3O[C@H](COCc4ccccc4)[C@@H](OCc4ccccc4)[C@H](OCc4ccccc4)[C@H]3OCc3ccccc3)[C@H]2O1. The lowest BCUT2D eigenvalue weighted by molar-refractivity contribution is -0.344. The third-order valence-corrected chi connectivity index (χ3v) is 18.1. The highest BCUT2D eigenvalue weighted by Gasteiger charge is 2.60. The van der Waals surface area contributed by atoms with E-state index in [0.29, 0.717) is 19.8 Å². The van der Waals surface area contributed by atoms with Gasteiger partial charge in [-0.15, -0.1) is 0 Å². The van der Waals surface area contributed by atoms with Crippen molar-refractivity contribution in [1.82, 2.24) is 0 Å². The lowest BCUT2D eigenvalue weighted by Gasteiger charge is -2.47. The molecule has 3 saturated heterocycles. The van der Waals surface area contributed by atoms with Crippen molar-refractivity contribution in [1.29, 1.82) is 0 Å². The largest absolute Gasteiger partial charge is 0.405 e. The van der Waals surface area contributed by atoms with Crippen molar-refractivity contribution in [2.24, 2.45) is 0 Å². The number of benzene rings is 6. The van der Waals surface area contributed by atoms with Gasteiger partial charge in [-0.2, -0.15) is 0 Å². The fourth-order valence-electron chi connectivity index (χ4n) is 9.83. The van der Waals surface area contributed by atoms with E-state index >= 15 is 0 Å². The van der Waals surface area contributed by atoms with Gasteiger partial charge in [-0.1, -0.05) is 203 Å². The quantitative estimate of drug-likeness (QED) is 0.0690. The van der Waals surface area contributed by atoms with Crippen LogP contribution in [0.2, 0.25) is 5.04 Å². The van der Waals surface area contributed by atoms with Crippen molar-refractivity contribution in [3.05, 3.63) is 204 Å². The van der Waals surface area contributed by atoms with Gasteiger partial charge in [-0.3, -0.25) is 0 Å². The minimum Gasteiger partial charge on any atom is -0.405 e. The third kappa shape index (κ3) is 11.8. The Labute approximate surface area is 408 Å². The Hall–Kier alpha value is -4.86. The summed E-state index contributed by atoms with van der Waals surface area (Å²) >= 11 is 0. The standard InChI is InChI=1S/C58H66O10Si/c1-57(2,3)69(46-32-20-10-21-33-46,47-34-22-11-23-35-47)63-41-49-51(54-56(65-49)68-58(4,5)67-54)66-55-53(62-39-45-30-18-9-19-31-45)52(61-38-44-28-16-8-17-29-44)50(60-37-43-26-14-7-15-27-43)48(64-55)40-59-36-42-24-12-6-13-25-42/h6-35,48-56H,36-41H2,1-5H3/t48-,49-,50-,51+,52+,53-,54-,55-,56-/m1/s1. The second-order valence-corrected chi connectivity index (χ2v) is 23.9. The molecule has 9 atom stereocenters. The van der Waals surface area contributed by atoms with Gasteiger partial charge in [0.1, 0.15) is 42.7 Å². The molecule has 3 aliphatic heterocycles. The summed E-state index contributed by atoms with van der Waals surface area (Å²) in [5.41, 5.74) is 4.06. The lowest BCUT2D eigenvalue weighted by Crippen LogP contribution is -2.67. The molecule has 9 rings (SSSR count). The van der Waals surface area contributed by atoms with Gasteiger partial charge in [-0.25, -0.2) is 0 Å². The van der Waals surface area contributed by atoms with E-state index in [9.17, 15) is 0 Å². The zero-order valence-electron chi connectivity index (χ0n) is 40.3. The van der Waals surface area contributed by atoms with Gasteiger partial charge in [0, 0.05) is 0 Å². The minimum absolute atomic E-state index is 0.186. The van der Waals surface area contributed by atoms with Crippen LogP contribution in [0.3, 0.4) is 0 Å². The van der Waals surface area contributed by atoms with Crippen LogP contribution in [-0.2, 0) is 73.5 Å². The Bertz CT molecular complexity index is 2400. The van der Waals surface area contributed by atoms with Gasteiger partial charge in [0.2, 0.25) is 0 Å². The summed E-state index contributed by atoms with van der Waals surface area (Å²) in [6, 6.07) is 61.7. The van der Waals surface area contributed by atoms with E-state index in [-0.39, 0.29) is 24.9 Å². The monoisotopic (exact) mass is 950 g/mol. The normalized spacial score (nSPS) is 25.6. The molecule has 0 amide bonds. The van der Waals surface area contributed by atoms with Crippen LogP contribution in [0.4, 0.5) is 0 Å². The van der Waals surface area contributed by atoms with Crippen LogP contribution in [0.1, 0.15) is 56.9 Å². The number of ether oxygens (including phenoxy) is 9. The molecule has 0 aromatic heterocycles. The first-order valence-electron chi connectivity index (χ1n) is 24.2. The first-order valence-corrected chi connectivity index (χ1v) is 26.1. The van der Waals surface area contributed by atoms with Crippen LogP contribution in [-0.4, -0.2) is 82.6 Å². The molecule has 0 N–H and O–H groups in total. The Morgan fingerprint density at radius 3 is 1.36 bits per heavy atom. The highest BCUT2D eigenvalue weighted by atomic mass is 28.4. The molecule has 3 heterocycles. The van der Waals surface area contributed by atoms with E-state index in [1.807, 2.05) is 123 Å². The minimum atomic E-state index is -3.01. The van der Waals surface area contributed by atoms with Crippen molar-refractivity contribution >= 4 is 18.7 Å². The maximum Gasteiger partial charge on any atom is 0.261 e. The first-order chi connectivity index (χ1) is 33.6. The lowest BCUT2D eigenvalue weighted by atomic mass is 9.97. The predicted octanol–water partition coefficient (Wildman–Crippen LogP) is 9.52. The fraction of sp³-hybridized carbons (Fsp3) is 0.379. The van der Waals surface area contributed by atoms with Gasteiger partial charge >= 0.3 is 0 Å². The molecule has 11 heteroatoms. The van der Waals surface area contributed by atoms with Crippen molar-refractivity contribution in [2.45, 2.75) is 127 Å². The predicted molar refractivity (Wildman–Crippen MR) is 267 cm³/mol. The smallest absolute Gasteiger partial charge is 0.261 e. The van der Waals surface area contributed by atoms with E-state index in [1.54, 1.807) is 0 Å².